The highest BCUT2D eigenvalue weighted by atomic mass is 16.5. The molecule has 0 aliphatic carbocycles. The Morgan fingerprint density at radius 2 is 2.03 bits per heavy atom. The first-order valence-corrected chi connectivity index (χ1v) is 10.9. The Hall–Kier alpha value is -2.28. The Morgan fingerprint density at radius 3 is 2.87 bits per heavy atom. The van der Waals surface area contributed by atoms with Gasteiger partial charge in [0.15, 0.2) is 0 Å². The summed E-state index contributed by atoms with van der Waals surface area (Å²) in [7, 11) is 0. The average Bonchev–Trinajstić information content (AvgIpc) is 2.78. The van der Waals surface area contributed by atoms with Gasteiger partial charge in [-0.25, -0.2) is 0 Å². The monoisotopic (exact) mass is 409 g/mol. The summed E-state index contributed by atoms with van der Waals surface area (Å²) in [4.78, 5) is 19.0. The van der Waals surface area contributed by atoms with Crippen molar-refractivity contribution in [3.8, 4) is 0 Å². The van der Waals surface area contributed by atoms with Crippen LogP contribution in [0.4, 0.5) is 0 Å². The zero-order valence-corrected chi connectivity index (χ0v) is 17.4. The van der Waals surface area contributed by atoms with Crippen LogP contribution in [0.3, 0.4) is 0 Å². The van der Waals surface area contributed by atoms with E-state index < -0.39 is 6.10 Å². The smallest absolute Gasteiger partial charge is 0.252 e. The van der Waals surface area contributed by atoms with Gasteiger partial charge in [0, 0.05) is 51.8 Å². The molecule has 0 saturated carbocycles. The highest BCUT2D eigenvalue weighted by Gasteiger charge is 2.19. The van der Waals surface area contributed by atoms with Crippen molar-refractivity contribution in [2.75, 3.05) is 32.8 Å². The zero-order valence-electron chi connectivity index (χ0n) is 17.4. The number of hydrogen-bond donors (Lipinski definition) is 2. The van der Waals surface area contributed by atoms with Gasteiger partial charge >= 0.3 is 0 Å². The van der Waals surface area contributed by atoms with Crippen molar-refractivity contribution in [2.24, 2.45) is 5.92 Å². The molecular formula is C24H31N3O3. The van der Waals surface area contributed by atoms with Crippen LogP contribution in [0.2, 0.25) is 0 Å². The summed E-state index contributed by atoms with van der Waals surface area (Å²) in [5.74, 6) is 0.412. The molecule has 1 aromatic heterocycles. The number of pyridine rings is 1. The van der Waals surface area contributed by atoms with E-state index in [4.69, 9.17) is 4.74 Å². The quantitative estimate of drug-likeness (QED) is 0.733. The summed E-state index contributed by atoms with van der Waals surface area (Å²) in [6.07, 6.45) is 6.88. The van der Waals surface area contributed by atoms with Crippen LogP contribution in [0, 0.1) is 5.92 Å². The Labute approximate surface area is 178 Å². The molecule has 3 heterocycles. The van der Waals surface area contributed by atoms with Gasteiger partial charge in [-0.3, -0.25) is 14.7 Å². The van der Waals surface area contributed by atoms with Crippen molar-refractivity contribution in [1.29, 1.82) is 0 Å². The molecule has 6 heteroatoms. The SMILES string of the molecule is O=C(NCC(O)CN1CCc2ccccc2C1)c1cncc(CC2CCOCC2)c1. The molecule has 2 N–H and O–H groups in total. The maximum absolute atomic E-state index is 12.6. The minimum absolute atomic E-state index is 0.181. The molecule has 4 rings (SSSR count). The van der Waals surface area contributed by atoms with E-state index >= 15 is 0 Å². The van der Waals surface area contributed by atoms with E-state index in [1.165, 1.54) is 11.1 Å². The van der Waals surface area contributed by atoms with E-state index in [1.54, 1.807) is 6.20 Å². The van der Waals surface area contributed by atoms with Crippen LogP contribution < -0.4 is 5.32 Å². The first kappa shape index (κ1) is 21.0. The molecule has 0 bridgehead atoms. The van der Waals surface area contributed by atoms with Gasteiger partial charge in [0.05, 0.1) is 11.7 Å². The van der Waals surface area contributed by atoms with Crippen LogP contribution in [-0.2, 0) is 24.1 Å². The number of aliphatic hydroxyl groups is 1. The van der Waals surface area contributed by atoms with Crippen molar-refractivity contribution >= 4 is 5.91 Å². The van der Waals surface area contributed by atoms with Gasteiger partial charge in [-0.2, -0.15) is 0 Å². The van der Waals surface area contributed by atoms with E-state index in [9.17, 15) is 9.90 Å². The number of β-amino-alcohol motifs (C(OH)–C–C–N with tert-alkyl or cyclic N) is 1. The standard InChI is InChI=1S/C24H31N3O3/c28-23(17-27-8-5-20-3-1-2-4-21(20)16-27)15-26-24(29)22-12-19(13-25-14-22)11-18-6-9-30-10-7-18/h1-4,12-14,18,23,28H,5-11,15-17H2,(H,26,29). The number of fused-ring (bicyclic) bond motifs is 1. The number of carbonyl (C=O) groups excluding carboxylic acids is 1. The largest absolute Gasteiger partial charge is 0.390 e. The number of amides is 1. The van der Waals surface area contributed by atoms with Gasteiger partial charge in [0.25, 0.3) is 5.91 Å². The predicted molar refractivity (Wildman–Crippen MR) is 115 cm³/mol. The van der Waals surface area contributed by atoms with Crippen molar-refractivity contribution in [3.05, 3.63) is 65.0 Å². The van der Waals surface area contributed by atoms with Crippen molar-refractivity contribution in [3.63, 3.8) is 0 Å². The van der Waals surface area contributed by atoms with E-state index in [0.29, 0.717) is 18.0 Å². The molecule has 1 atom stereocenters. The number of aliphatic hydroxyl groups excluding tert-OH is 1. The van der Waals surface area contributed by atoms with E-state index in [1.807, 2.05) is 12.3 Å². The molecule has 6 nitrogen and oxygen atoms in total. The molecule has 0 radical (unpaired) electrons. The molecule has 2 aliphatic rings. The first-order valence-electron chi connectivity index (χ1n) is 10.9. The summed E-state index contributed by atoms with van der Waals surface area (Å²) < 4.78 is 5.42. The fourth-order valence-corrected chi connectivity index (χ4v) is 4.39. The lowest BCUT2D eigenvalue weighted by Gasteiger charge is -2.30. The van der Waals surface area contributed by atoms with Crippen LogP contribution in [0.15, 0.2) is 42.7 Å². The molecule has 2 aromatic rings. The summed E-state index contributed by atoms with van der Waals surface area (Å²) >= 11 is 0. The van der Waals surface area contributed by atoms with Gasteiger partial charge in [0.1, 0.15) is 0 Å². The van der Waals surface area contributed by atoms with E-state index in [0.717, 1.165) is 57.6 Å². The van der Waals surface area contributed by atoms with Crippen LogP contribution in [0.5, 0.6) is 0 Å². The number of benzene rings is 1. The van der Waals surface area contributed by atoms with Gasteiger partial charge in [0.2, 0.25) is 0 Å². The van der Waals surface area contributed by atoms with Gasteiger partial charge < -0.3 is 15.2 Å². The first-order chi connectivity index (χ1) is 14.7. The second kappa shape index (κ2) is 10.2. The van der Waals surface area contributed by atoms with Crippen molar-refractivity contribution in [1.82, 2.24) is 15.2 Å². The Kier molecular flexibility index (Phi) is 7.10. The molecule has 160 valence electrons. The average molecular weight is 410 g/mol. The van der Waals surface area contributed by atoms with E-state index in [-0.39, 0.29) is 12.5 Å². The number of hydrogen-bond acceptors (Lipinski definition) is 5. The predicted octanol–water partition coefficient (Wildman–Crippen LogP) is 2.20. The molecule has 1 aromatic carbocycles. The molecule has 0 spiro atoms. The van der Waals surface area contributed by atoms with E-state index in [2.05, 4.69) is 39.5 Å². The van der Waals surface area contributed by atoms with Crippen LogP contribution in [-0.4, -0.2) is 59.8 Å². The van der Waals surface area contributed by atoms with Crippen molar-refractivity contribution in [2.45, 2.75) is 38.3 Å². The number of nitrogens with zero attached hydrogens (tertiary/aromatic N) is 2. The highest BCUT2D eigenvalue weighted by Crippen LogP contribution is 2.20. The Balaban J connectivity index is 1.24. The summed E-state index contributed by atoms with van der Waals surface area (Å²) in [5.41, 5.74) is 4.36. The normalized spacial score (nSPS) is 18.6. The van der Waals surface area contributed by atoms with Crippen LogP contribution in [0.25, 0.3) is 0 Å². The maximum Gasteiger partial charge on any atom is 0.252 e. The lowest BCUT2D eigenvalue weighted by molar-refractivity contribution is 0.0665. The molecule has 2 aliphatic heterocycles. The Bertz CT molecular complexity index is 851. The molecule has 30 heavy (non-hydrogen) atoms. The van der Waals surface area contributed by atoms with Gasteiger partial charge in [-0.1, -0.05) is 24.3 Å². The number of ether oxygens (including phenoxy) is 1. The summed E-state index contributed by atoms with van der Waals surface area (Å²) in [5, 5.41) is 13.3. The summed E-state index contributed by atoms with van der Waals surface area (Å²) in [6.45, 7) is 4.20. The fraction of sp³-hybridized carbons (Fsp3) is 0.500. The molecule has 1 fully saturated rings. The zero-order chi connectivity index (χ0) is 20.8. The number of rotatable bonds is 7. The topological polar surface area (TPSA) is 74.7 Å². The molecule has 1 unspecified atom stereocenters. The number of nitrogens with one attached hydrogen (secondary N) is 1. The van der Waals surface area contributed by atoms with Crippen LogP contribution in [0.1, 0.15) is 39.9 Å². The third-order valence-corrected chi connectivity index (χ3v) is 6.10. The van der Waals surface area contributed by atoms with Gasteiger partial charge in [-0.05, 0) is 54.4 Å². The second-order valence-corrected chi connectivity index (χ2v) is 8.46. The third kappa shape index (κ3) is 5.65. The minimum Gasteiger partial charge on any atom is -0.390 e. The second-order valence-electron chi connectivity index (χ2n) is 8.46. The summed E-state index contributed by atoms with van der Waals surface area (Å²) in [6, 6.07) is 10.4. The molecule has 1 amide bonds. The van der Waals surface area contributed by atoms with Gasteiger partial charge in [-0.15, -0.1) is 0 Å². The highest BCUT2D eigenvalue weighted by molar-refractivity contribution is 5.94. The fourth-order valence-electron chi connectivity index (χ4n) is 4.39. The van der Waals surface area contributed by atoms with Crippen molar-refractivity contribution < 1.29 is 14.6 Å². The third-order valence-electron chi connectivity index (χ3n) is 6.10. The number of carbonyl (C=O) groups is 1. The molecular weight excluding hydrogens is 378 g/mol. The lowest BCUT2D eigenvalue weighted by atomic mass is 9.93. The Morgan fingerprint density at radius 1 is 1.23 bits per heavy atom. The van der Waals surface area contributed by atoms with Crippen LogP contribution >= 0.6 is 0 Å². The molecule has 1 saturated heterocycles. The number of aromatic nitrogens is 1. The maximum atomic E-state index is 12.6. The minimum atomic E-state index is -0.599. The lowest BCUT2D eigenvalue weighted by Crippen LogP contribution is -2.42.